The highest BCUT2D eigenvalue weighted by Gasteiger charge is 1.95. The lowest BCUT2D eigenvalue weighted by Crippen LogP contribution is -1.95. The van der Waals surface area contributed by atoms with Crippen LogP contribution < -0.4 is 4.74 Å². The quantitative estimate of drug-likeness (QED) is 0.622. The van der Waals surface area contributed by atoms with Gasteiger partial charge in [0.1, 0.15) is 12.4 Å². The van der Waals surface area contributed by atoms with Crippen molar-refractivity contribution in [3.8, 4) is 17.6 Å². The maximum absolute atomic E-state index is 5.64. The molecular weight excluding hydrogens is 246 g/mol. The molecule has 1 aromatic heterocycles. The number of hydrogen-bond donors (Lipinski definition) is 0. The van der Waals surface area contributed by atoms with Gasteiger partial charge in [-0.15, -0.1) is 11.6 Å². The first-order valence-electron chi connectivity index (χ1n) is 5.55. The number of rotatable bonds is 3. The van der Waals surface area contributed by atoms with Gasteiger partial charge in [-0.25, -0.2) is 0 Å². The Morgan fingerprint density at radius 1 is 1.17 bits per heavy atom. The standard InChI is InChI=1S/C15H12ClNO/c16-9-1-3-13-5-7-15(8-6-13)18-12-14-4-2-10-17-11-14/h2,4-8,10-11H,9,12H2. The van der Waals surface area contributed by atoms with Gasteiger partial charge in [0.05, 0.1) is 5.88 Å². The van der Waals surface area contributed by atoms with E-state index in [4.69, 9.17) is 16.3 Å². The molecule has 0 saturated heterocycles. The van der Waals surface area contributed by atoms with Gasteiger partial charge in [0.25, 0.3) is 0 Å². The van der Waals surface area contributed by atoms with E-state index in [-0.39, 0.29) is 0 Å². The summed E-state index contributed by atoms with van der Waals surface area (Å²) in [4.78, 5) is 4.03. The molecule has 0 radical (unpaired) electrons. The van der Waals surface area contributed by atoms with Gasteiger partial charge >= 0.3 is 0 Å². The van der Waals surface area contributed by atoms with E-state index < -0.39 is 0 Å². The van der Waals surface area contributed by atoms with Crippen molar-refractivity contribution in [3.05, 3.63) is 59.9 Å². The molecule has 0 N–H and O–H groups in total. The molecule has 0 fully saturated rings. The van der Waals surface area contributed by atoms with Crippen LogP contribution in [0.3, 0.4) is 0 Å². The zero-order valence-electron chi connectivity index (χ0n) is 9.77. The molecule has 0 spiro atoms. The summed E-state index contributed by atoms with van der Waals surface area (Å²) in [7, 11) is 0. The number of hydrogen-bond acceptors (Lipinski definition) is 2. The molecule has 0 aliphatic rings. The number of nitrogens with zero attached hydrogens (tertiary/aromatic N) is 1. The molecule has 3 heteroatoms. The minimum atomic E-state index is 0.346. The molecule has 0 aliphatic heterocycles. The first-order valence-corrected chi connectivity index (χ1v) is 6.08. The number of aromatic nitrogens is 1. The number of halogens is 1. The Balaban J connectivity index is 1.94. The second-order valence-corrected chi connectivity index (χ2v) is 3.88. The zero-order valence-corrected chi connectivity index (χ0v) is 10.5. The highest BCUT2D eigenvalue weighted by atomic mass is 35.5. The molecule has 0 amide bonds. The third-order valence-electron chi connectivity index (χ3n) is 2.28. The molecule has 1 aromatic carbocycles. The molecule has 0 bridgehead atoms. The van der Waals surface area contributed by atoms with E-state index >= 15 is 0 Å². The van der Waals surface area contributed by atoms with Crippen molar-refractivity contribution < 1.29 is 4.74 Å². The topological polar surface area (TPSA) is 22.1 Å². The van der Waals surface area contributed by atoms with Gasteiger partial charge in [-0.05, 0) is 30.3 Å². The largest absolute Gasteiger partial charge is 0.489 e. The predicted octanol–water partition coefficient (Wildman–Crippen LogP) is 3.25. The Labute approximate surface area is 112 Å². The van der Waals surface area contributed by atoms with E-state index in [9.17, 15) is 0 Å². The fraction of sp³-hybridized carbons (Fsp3) is 0.133. The summed E-state index contributed by atoms with van der Waals surface area (Å²) in [5.41, 5.74) is 1.98. The van der Waals surface area contributed by atoms with Crippen molar-refractivity contribution in [2.24, 2.45) is 0 Å². The minimum Gasteiger partial charge on any atom is -0.489 e. The van der Waals surface area contributed by atoms with Crippen molar-refractivity contribution in [3.63, 3.8) is 0 Å². The molecule has 90 valence electrons. The van der Waals surface area contributed by atoms with Gasteiger partial charge < -0.3 is 4.74 Å². The van der Waals surface area contributed by atoms with Gasteiger partial charge in [0.15, 0.2) is 0 Å². The Kier molecular flexibility index (Phi) is 4.63. The molecule has 1 heterocycles. The van der Waals surface area contributed by atoms with Crippen LogP contribution in [0.25, 0.3) is 0 Å². The van der Waals surface area contributed by atoms with E-state index in [2.05, 4.69) is 16.8 Å². The van der Waals surface area contributed by atoms with Crippen LogP contribution in [-0.2, 0) is 6.61 Å². The molecule has 2 aromatic rings. The van der Waals surface area contributed by atoms with Crippen LogP contribution in [0.2, 0.25) is 0 Å². The van der Waals surface area contributed by atoms with Crippen LogP contribution in [0.4, 0.5) is 0 Å². The number of alkyl halides is 1. The lowest BCUT2D eigenvalue weighted by molar-refractivity contribution is 0.306. The first kappa shape index (κ1) is 12.5. The number of benzene rings is 1. The summed E-state index contributed by atoms with van der Waals surface area (Å²) in [6.45, 7) is 0.514. The smallest absolute Gasteiger partial charge is 0.119 e. The SMILES string of the molecule is ClCC#Cc1ccc(OCc2cccnc2)cc1. The Morgan fingerprint density at radius 3 is 2.67 bits per heavy atom. The van der Waals surface area contributed by atoms with Crippen molar-refractivity contribution in [1.82, 2.24) is 4.98 Å². The third kappa shape index (κ3) is 3.80. The molecule has 2 rings (SSSR count). The minimum absolute atomic E-state index is 0.346. The predicted molar refractivity (Wildman–Crippen MR) is 72.6 cm³/mol. The summed E-state index contributed by atoms with van der Waals surface area (Å²) < 4.78 is 5.64. The van der Waals surface area contributed by atoms with E-state index in [1.165, 1.54) is 0 Å². The van der Waals surface area contributed by atoms with E-state index in [1.807, 2.05) is 36.4 Å². The average Bonchev–Trinajstić information content (AvgIpc) is 2.45. The molecule has 0 atom stereocenters. The van der Waals surface area contributed by atoms with Gasteiger partial charge in [-0.2, -0.15) is 0 Å². The second kappa shape index (κ2) is 6.68. The van der Waals surface area contributed by atoms with Crippen molar-refractivity contribution in [2.45, 2.75) is 6.61 Å². The van der Waals surface area contributed by atoms with Crippen LogP contribution >= 0.6 is 11.6 Å². The first-order chi connectivity index (χ1) is 8.88. The Hall–Kier alpha value is -1.98. The Bertz CT molecular complexity index is 540. The summed E-state index contributed by atoms with van der Waals surface area (Å²) in [6, 6.07) is 11.5. The second-order valence-electron chi connectivity index (χ2n) is 3.61. The monoisotopic (exact) mass is 257 g/mol. The van der Waals surface area contributed by atoms with Crippen LogP contribution in [0.15, 0.2) is 48.8 Å². The lowest BCUT2D eigenvalue weighted by atomic mass is 10.2. The molecule has 2 nitrogen and oxygen atoms in total. The molecule has 0 saturated carbocycles. The van der Waals surface area contributed by atoms with Gasteiger partial charge in [0, 0.05) is 23.5 Å². The fourth-order valence-electron chi connectivity index (χ4n) is 1.42. The van der Waals surface area contributed by atoms with Crippen LogP contribution in [-0.4, -0.2) is 10.9 Å². The van der Waals surface area contributed by atoms with Crippen molar-refractivity contribution in [1.29, 1.82) is 0 Å². The van der Waals surface area contributed by atoms with Crippen molar-refractivity contribution in [2.75, 3.05) is 5.88 Å². The van der Waals surface area contributed by atoms with E-state index in [0.29, 0.717) is 12.5 Å². The van der Waals surface area contributed by atoms with E-state index in [0.717, 1.165) is 16.9 Å². The maximum atomic E-state index is 5.64. The molecular formula is C15H12ClNO. The summed E-state index contributed by atoms with van der Waals surface area (Å²) in [5.74, 6) is 6.92. The average molecular weight is 258 g/mol. The van der Waals surface area contributed by atoms with Crippen molar-refractivity contribution >= 4 is 11.6 Å². The van der Waals surface area contributed by atoms with E-state index in [1.54, 1.807) is 12.4 Å². The van der Waals surface area contributed by atoms with Crippen LogP contribution in [0.1, 0.15) is 11.1 Å². The maximum Gasteiger partial charge on any atom is 0.119 e. The van der Waals surface area contributed by atoms with Crippen LogP contribution in [0.5, 0.6) is 5.75 Å². The lowest BCUT2D eigenvalue weighted by Gasteiger charge is -2.05. The highest BCUT2D eigenvalue weighted by Crippen LogP contribution is 2.13. The van der Waals surface area contributed by atoms with Crippen LogP contribution in [0, 0.1) is 11.8 Å². The molecule has 0 aliphatic carbocycles. The molecule has 0 unspecified atom stereocenters. The highest BCUT2D eigenvalue weighted by molar-refractivity contribution is 6.19. The Morgan fingerprint density at radius 2 is 2.00 bits per heavy atom. The third-order valence-corrected chi connectivity index (χ3v) is 2.42. The summed E-state index contributed by atoms with van der Waals surface area (Å²) in [5, 5.41) is 0. The summed E-state index contributed by atoms with van der Waals surface area (Å²) >= 11 is 5.50. The zero-order chi connectivity index (χ0) is 12.6. The molecule has 18 heavy (non-hydrogen) atoms. The van der Waals surface area contributed by atoms with Gasteiger partial charge in [-0.1, -0.05) is 17.9 Å². The normalized spacial score (nSPS) is 9.39. The number of pyridine rings is 1. The summed E-state index contributed by atoms with van der Waals surface area (Å²) in [6.07, 6.45) is 3.54. The van der Waals surface area contributed by atoms with Gasteiger partial charge in [0.2, 0.25) is 0 Å². The fourth-order valence-corrected chi connectivity index (χ4v) is 1.49. The van der Waals surface area contributed by atoms with Gasteiger partial charge in [-0.3, -0.25) is 4.98 Å². The number of ether oxygens (including phenoxy) is 1.